The molecular weight excluding hydrogens is 785 g/mol. The second-order valence-corrected chi connectivity index (χ2v) is 17.7. The summed E-state index contributed by atoms with van der Waals surface area (Å²) in [5, 5.41) is 21.4. The van der Waals surface area contributed by atoms with Gasteiger partial charge in [-0.05, 0) is 36.7 Å². The van der Waals surface area contributed by atoms with E-state index in [4.69, 9.17) is 0 Å². The molecule has 0 aliphatic heterocycles. The van der Waals surface area contributed by atoms with Crippen LogP contribution in [-0.2, 0) is 41.6 Å². The van der Waals surface area contributed by atoms with Gasteiger partial charge in [-0.3, -0.25) is 28.8 Å². The number of hydrogen-bond acceptors (Lipinski definition) is 8. The number of carbonyl (C=O) groups excluding carboxylic acids is 6. The molecule has 2 aromatic rings. The lowest BCUT2D eigenvalue weighted by atomic mass is 9.85. The summed E-state index contributed by atoms with van der Waals surface area (Å²) in [5.74, 6) is -4.22. The topological polar surface area (TPSA) is 199 Å². The van der Waals surface area contributed by atoms with Crippen molar-refractivity contribution in [2.45, 2.75) is 181 Å². The van der Waals surface area contributed by atoms with Gasteiger partial charge in [-0.15, -0.1) is 0 Å². The number of imidazole rings is 1. The number of carbonyl (C=O) groups is 6. The molecule has 0 unspecified atom stereocenters. The maximum absolute atomic E-state index is 14.0. The quantitative estimate of drug-likeness (QED) is 0.0394. The first-order valence-electron chi connectivity index (χ1n) is 23.6. The zero-order valence-corrected chi connectivity index (χ0v) is 38.8. The number of benzene rings is 1. The predicted octanol–water partition coefficient (Wildman–Crippen LogP) is 7.11. The third-order valence-corrected chi connectivity index (χ3v) is 11.8. The van der Waals surface area contributed by atoms with Crippen LogP contribution in [-0.4, -0.2) is 82.0 Å². The number of hydrogen-bond donors (Lipinski definition) is 6. The summed E-state index contributed by atoms with van der Waals surface area (Å²) in [6, 6.07) is 6.19. The van der Waals surface area contributed by atoms with Crippen LogP contribution in [0.3, 0.4) is 0 Å². The summed E-state index contributed by atoms with van der Waals surface area (Å²) in [5.41, 5.74) is 1.53. The largest absolute Gasteiger partial charge is 0.394 e. The average molecular weight is 865 g/mol. The second kappa shape index (κ2) is 31.4. The molecule has 0 saturated carbocycles. The number of aromatic nitrogens is 2. The van der Waals surface area contributed by atoms with Crippen molar-refractivity contribution in [3.8, 4) is 0 Å². The number of nitrogens with zero attached hydrogens (tertiary/aromatic N) is 1. The fourth-order valence-electron chi connectivity index (χ4n) is 7.91. The van der Waals surface area contributed by atoms with Crippen molar-refractivity contribution in [3.05, 3.63) is 54.1 Å². The molecule has 0 fully saturated rings. The molecule has 0 aliphatic rings. The van der Waals surface area contributed by atoms with Gasteiger partial charge in [-0.25, -0.2) is 4.98 Å². The van der Waals surface area contributed by atoms with Crippen LogP contribution >= 0.6 is 0 Å². The highest BCUT2D eigenvalue weighted by molar-refractivity contribution is 5.96. The number of Topliss-reactive ketones (excluding diaryl/α,β-unsaturated/α-hetero) is 2. The lowest BCUT2D eigenvalue weighted by molar-refractivity contribution is -0.136. The minimum absolute atomic E-state index is 0.00544. The van der Waals surface area contributed by atoms with Gasteiger partial charge < -0.3 is 31.4 Å². The highest BCUT2D eigenvalue weighted by atomic mass is 16.3. The van der Waals surface area contributed by atoms with E-state index < -0.39 is 54.2 Å². The van der Waals surface area contributed by atoms with Gasteiger partial charge in [-0.2, -0.15) is 0 Å². The number of aliphatic hydroxyl groups is 1. The molecule has 4 amide bonds. The normalized spacial score (nSPS) is 14.3. The molecule has 1 aromatic carbocycles. The van der Waals surface area contributed by atoms with Gasteiger partial charge in [0.25, 0.3) is 0 Å². The van der Waals surface area contributed by atoms with Gasteiger partial charge in [0.05, 0.1) is 19.0 Å². The molecule has 2 rings (SSSR count). The number of H-pyrrole nitrogens is 1. The van der Waals surface area contributed by atoms with Crippen LogP contribution in [0.15, 0.2) is 42.9 Å². The number of amides is 4. The van der Waals surface area contributed by atoms with Crippen molar-refractivity contribution in [2.24, 2.45) is 23.7 Å². The highest BCUT2D eigenvalue weighted by Crippen LogP contribution is 2.22. The molecular formula is C49H80N6O7. The van der Waals surface area contributed by atoms with Gasteiger partial charge in [0.2, 0.25) is 23.6 Å². The molecule has 13 nitrogen and oxygen atoms in total. The Kier molecular flexibility index (Phi) is 27.3. The summed E-state index contributed by atoms with van der Waals surface area (Å²) >= 11 is 0. The maximum Gasteiger partial charge on any atom is 0.243 e. The number of unbranched alkanes of at least 4 members (excludes halogenated alkanes) is 12. The van der Waals surface area contributed by atoms with Crippen LogP contribution in [0.2, 0.25) is 0 Å². The van der Waals surface area contributed by atoms with E-state index in [-0.39, 0.29) is 55.1 Å². The monoisotopic (exact) mass is 865 g/mol. The fraction of sp³-hybridized carbons (Fsp3) is 0.694. The molecule has 0 aliphatic carbocycles. The van der Waals surface area contributed by atoms with E-state index in [0.717, 1.165) is 24.8 Å². The van der Waals surface area contributed by atoms with Crippen molar-refractivity contribution >= 4 is 35.2 Å². The minimum Gasteiger partial charge on any atom is -0.394 e. The molecule has 0 saturated heterocycles. The Labute approximate surface area is 371 Å². The predicted molar refractivity (Wildman–Crippen MR) is 245 cm³/mol. The van der Waals surface area contributed by atoms with E-state index in [1.54, 1.807) is 6.20 Å². The first-order chi connectivity index (χ1) is 29.8. The summed E-state index contributed by atoms with van der Waals surface area (Å²) in [6.45, 7) is 9.16. The van der Waals surface area contributed by atoms with Gasteiger partial charge in [0.15, 0.2) is 11.6 Å². The number of nitrogens with one attached hydrogen (secondary N) is 5. The SMILES string of the molecule is CCCCCCCCCCCCCCCC(=O)N[C@@H](Cc1cnc[nH]1)C(=O)N[C@@H](CO)C(=O)C[C@@H](CC(C)C)C(=O)N[C@H](C(=O)C[C@@H](Cc1ccccc1)C(=O)NC)[C@@H](C)CC. The van der Waals surface area contributed by atoms with Crippen LogP contribution in [0.4, 0.5) is 0 Å². The number of aromatic amines is 1. The Bertz CT molecular complexity index is 1580. The summed E-state index contributed by atoms with van der Waals surface area (Å²) in [6.07, 6.45) is 19.8. The van der Waals surface area contributed by atoms with E-state index >= 15 is 0 Å². The molecule has 348 valence electrons. The van der Waals surface area contributed by atoms with E-state index in [1.165, 1.54) is 71.2 Å². The van der Waals surface area contributed by atoms with E-state index in [0.29, 0.717) is 31.4 Å². The Balaban J connectivity index is 2.03. The first kappa shape index (κ1) is 53.7. The van der Waals surface area contributed by atoms with Crippen LogP contribution in [0, 0.1) is 23.7 Å². The molecule has 0 radical (unpaired) electrons. The van der Waals surface area contributed by atoms with Gasteiger partial charge >= 0.3 is 0 Å². The smallest absolute Gasteiger partial charge is 0.243 e. The lowest BCUT2D eigenvalue weighted by Crippen LogP contribution is -2.54. The third-order valence-electron chi connectivity index (χ3n) is 11.8. The number of ketones is 2. The molecule has 0 spiro atoms. The van der Waals surface area contributed by atoms with E-state index in [1.807, 2.05) is 58.0 Å². The standard InChI is InChI=1S/C49H80N6O7/c1-7-9-10-11-12-13-14-15-16-17-18-19-23-26-45(59)53-41(31-40-32-51-34-52-40)49(62)54-42(33-56)43(57)29-38(27-35(3)4)48(61)55-46(36(5)8-2)44(58)30-39(47(60)50-6)28-37-24-21-20-22-25-37/h20-22,24-25,32,34-36,38-39,41-42,46,56H,7-19,23,26-31,33H2,1-6H3,(H,50,60)(H,51,52)(H,53,59)(H,54,62)(H,55,61)/t36-,38+,39+,41-,42-,46-/m0/s1. The highest BCUT2D eigenvalue weighted by Gasteiger charge is 2.35. The van der Waals surface area contributed by atoms with Gasteiger partial charge in [0.1, 0.15) is 12.1 Å². The van der Waals surface area contributed by atoms with Crippen LogP contribution in [0.1, 0.15) is 161 Å². The third kappa shape index (κ3) is 21.6. The second-order valence-electron chi connectivity index (χ2n) is 17.7. The van der Waals surface area contributed by atoms with Crippen LogP contribution < -0.4 is 21.3 Å². The van der Waals surface area contributed by atoms with Gasteiger partial charge in [0, 0.05) is 56.5 Å². The molecule has 6 N–H and O–H groups in total. The fourth-order valence-corrected chi connectivity index (χ4v) is 7.91. The molecule has 1 heterocycles. The molecule has 0 bridgehead atoms. The zero-order chi connectivity index (χ0) is 45.7. The van der Waals surface area contributed by atoms with Crippen molar-refractivity contribution in [3.63, 3.8) is 0 Å². The van der Waals surface area contributed by atoms with Crippen LogP contribution in [0.5, 0.6) is 0 Å². The van der Waals surface area contributed by atoms with Crippen LogP contribution in [0.25, 0.3) is 0 Å². The lowest BCUT2D eigenvalue weighted by Gasteiger charge is -2.28. The molecule has 13 heteroatoms. The Hall–Kier alpha value is -4.39. The van der Waals surface area contributed by atoms with Crippen molar-refractivity contribution < 1.29 is 33.9 Å². The Morgan fingerprint density at radius 2 is 1.27 bits per heavy atom. The Morgan fingerprint density at radius 3 is 1.81 bits per heavy atom. The summed E-state index contributed by atoms with van der Waals surface area (Å²) < 4.78 is 0. The number of rotatable bonds is 35. The maximum atomic E-state index is 14.0. The first-order valence-corrected chi connectivity index (χ1v) is 23.6. The van der Waals surface area contributed by atoms with Crippen molar-refractivity contribution in [2.75, 3.05) is 13.7 Å². The Morgan fingerprint density at radius 1 is 0.677 bits per heavy atom. The zero-order valence-electron chi connectivity index (χ0n) is 38.8. The van der Waals surface area contributed by atoms with Crippen molar-refractivity contribution in [1.29, 1.82) is 0 Å². The summed E-state index contributed by atoms with van der Waals surface area (Å²) in [7, 11) is 1.53. The summed E-state index contributed by atoms with van der Waals surface area (Å²) in [4.78, 5) is 88.3. The number of aliphatic hydroxyl groups excluding tert-OH is 1. The minimum atomic E-state index is -1.33. The van der Waals surface area contributed by atoms with E-state index in [2.05, 4.69) is 38.2 Å². The van der Waals surface area contributed by atoms with Gasteiger partial charge in [-0.1, -0.05) is 148 Å². The molecule has 62 heavy (non-hydrogen) atoms. The van der Waals surface area contributed by atoms with E-state index in [9.17, 15) is 33.9 Å². The van der Waals surface area contributed by atoms with Crippen molar-refractivity contribution in [1.82, 2.24) is 31.2 Å². The average Bonchev–Trinajstić information content (AvgIpc) is 3.78. The molecule has 1 aromatic heterocycles. The molecule has 6 atom stereocenters.